The molecule has 0 heterocycles. The van der Waals surface area contributed by atoms with E-state index in [4.69, 9.17) is 0 Å². The summed E-state index contributed by atoms with van der Waals surface area (Å²) in [6.07, 6.45) is 0. The minimum atomic E-state index is -4.54. The third-order valence-electron chi connectivity index (χ3n) is 9.16. The molecule has 5 aromatic carbocycles. The number of rotatable bonds is 9. The predicted octanol–water partition coefficient (Wildman–Crippen LogP) is 8.75. The molecule has 0 fully saturated rings. The molecule has 2 N–H and O–H groups in total. The first-order valence-corrected chi connectivity index (χ1v) is 18.7. The van der Waals surface area contributed by atoms with Gasteiger partial charge in [0, 0.05) is 42.8 Å². The van der Waals surface area contributed by atoms with Crippen LogP contribution in [0.25, 0.3) is 0 Å². The van der Waals surface area contributed by atoms with Gasteiger partial charge in [0.2, 0.25) is 0 Å². The molecule has 5 aromatic rings. The second-order valence-electron chi connectivity index (χ2n) is 12.8. The van der Waals surface area contributed by atoms with Gasteiger partial charge in [0.05, 0.1) is 4.90 Å². The molecule has 1 unspecified atom stereocenters. The molecule has 0 amide bonds. The highest BCUT2D eigenvalue weighted by molar-refractivity contribution is 7.86. The van der Waals surface area contributed by atoms with Crippen molar-refractivity contribution >= 4 is 43.0 Å². The van der Waals surface area contributed by atoms with Crippen LogP contribution in [0.5, 0.6) is 0 Å². The number of nitrogens with zero attached hydrogens (tertiary/aromatic N) is 2. The Hall–Kier alpha value is -4.48. The molecular weight excluding hydrogens is 657 g/mol. The zero-order valence-corrected chi connectivity index (χ0v) is 30.6. The summed E-state index contributed by atoms with van der Waals surface area (Å²) in [6, 6.07) is 28.0. The van der Waals surface area contributed by atoms with Crippen molar-refractivity contribution in [2.45, 2.75) is 57.3 Å². The van der Waals surface area contributed by atoms with Crippen molar-refractivity contribution in [2.24, 2.45) is 0 Å². The first kappa shape index (κ1) is 35.8. The van der Waals surface area contributed by atoms with Crippen molar-refractivity contribution in [2.75, 3.05) is 23.9 Å². The van der Waals surface area contributed by atoms with Crippen LogP contribution in [-0.2, 0) is 20.2 Å². The molecule has 49 heavy (non-hydrogen) atoms. The molecule has 5 rings (SSSR count). The lowest BCUT2D eigenvalue weighted by Gasteiger charge is -2.27. The highest BCUT2D eigenvalue weighted by atomic mass is 32.2. The van der Waals surface area contributed by atoms with Gasteiger partial charge in [-0.15, -0.1) is 0 Å². The number of hydrogen-bond acceptors (Lipinski definition) is 6. The Kier molecular flexibility index (Phi) is 9.82. The first-order chi connectivity index (χ1) is 22.9. The lowest BCUT2D eigenvalue weighted by molar-refractivity contribution is 0.479. The summed E-state index contributed by atoms with van der Waals surface area (Å²) in [7, 11) is -5.13. The van der Waals surface area contributed by atoms with Crippen molar-refractivity contribution in [3.8, 4) is 0 Å². The van der Waals surface area contributed by atoms with E-state index in [1.54, 1.807) is 38.1 Å². The second kappa shape index (κ2) is 13.4. The van der Waals surface area contributed by atoms with Crippen molar-refractivity contribution in [3.05, 3.63) is 141 Å². The van der Waals surface area contributed by atoms with Gasteiger partial charge < -0.3 is 9.80 Å². The van der Waals surface area contributed by atoms with E-state index in [-0.39, 0.29) is 9.79 Å². The summed E-state index contributed by atoms with van der Waals surface area (Å²) in [6.45, 7) is 11.5. The van der Waals surface area contributed by atoms with Crippen LogP contribution in [0.1, 0.15) is 56.0 Å². The van der Waals surface area contributed by atoms with E-state index < -0.39 is 26.2 Å². The summed E-state index contributed by atoms with van der Waals surface area (Å²) >= 11 is 0. The topological polar surface area (TPSA) is 115 Å². The largest absolute Gasteiger partial charge is 0.344 e. The Labute approximate surface area is 290 Å². The lowest BCUT2D eigenvalue weighted by Crippen LogP contribution is -2.16. The standard InChI is InChI=1S/C39H42N2O6S2/c1-24-21-25(2)37(26(3)22-24)40(7)32-17-13-30(14-18-32)36(34-11-9-10-12-35(34)48(42,43)44)31-15-19-33(20-16-31)41(8)38-27(4)23-28(5)39(29(38)6)49(45,46)47/h9-23,36H,1-8H3,(H,42,43,44)(H,45,46,47). The fourth-order valence-electron chi connectivity index (χ4n) is 7.32. The van der Waals surface area contributed by atoms with Crippen LogP contribution in [0, 0.1) is 41.5 Å². The minimum Gasteiger partial charge on any atom is -0.344 e. The summed E-state index contributed by atoms with van der Waals surface area (Å²) < 4.78 is 69.8. The van der Waals surface area contributed by atoms with Crippen molar-refractivity contribution < 1.29 is 25.9 Å². The molecule has 0 aliphatic heterocycles. The average molecular weight is 699 g/mol. The Morgan fingerprint density at radius 1 is 0.551 bits per heavy atom. The Morgan fingerprint density at radius 2 is 1.00 bits per heavy atom. The smallest absolute Gasteiger partial charge is 0.295 e. The highest BCUT2D eigenvalue weighted by Gasteiger charge is 2.26. The predicted molar refractivity (Wildman–Crippen MR) is 197 cm³/mol. The molecule has 0 radical (unpaired) electrons. The summed E-state index contributed by atoms with van der Waals surface area (Å²) in [5.41, 5.74) is 10.8. The molecule has 0 saturated carbocycles. The van der Waals surface area contributed by atoms with Gasteiger partial charge in [0.1, 0.15) is 4.90 Å². The van der Waals surface area contributed by atoms with Crippen LogP contribution >= 0.6 is 0 Å². The number of aryl methyl sites for hydroxylation is 5. The van der Waals surface area contributed by atoms with Crippen LogP contribution in [0.3, 0.4) is 0 Å². The molecule has 0 aromatic heterocycles. The Balaban J connectivity index is 1.60. The van der Waals surface area contributed by atoms with Crippen LogP contribution in [0.4, 0.5) is 22.7 Å². The quantitative estimate of drug-likeness (QED) is 0.116. The van der Waals surface area contributed by atoms with E-state index in [0.717, 1.165) is 33.8 Å². The van der Waals surface area contributed by atoms with E-state index in [1.807, 2.05) is 74.4 Å². The zero-order chi connectivity index (χ0) is 36.0. The Morgan fingerprint density at radius 3 is 1.47 bits per heavy atom. The SMILES string of the molecule is Cc1cc(C)c(N(C)c2ccc(C(c3ccc(N(C)c4c(C)cc(C)c(S(=O)(=O)O)c4C)cc3)c3ccccc3S(=O)(=O)O)cc2)c(C)c1. The molecule has 0 aliphatic carbocycles. The Bertz CT molecular complexity index is 2240. The minimum absolute atomic E-state index is 0.111. The summed E-state index contributed by atoms with van der Waals surface area (Å²) in [5.74, 6) is -0.548. The van der Waals surface area contributed by atoms with Crippen molar-refractivity contribution in [3.63, 3.8) is 0 Å². The lowest BCUT2D eigenvalue weighted by atomic mass is 9.85. The molecule has 0 aliphatic rings. The second-order valence-corrected chi connectivity index (χ2v) is 15.5. The maximum atomic E-state index is 12.6. The third-order valence-corrected chi connectivity index (χ3v) is 11.2. The fraction of sp³-hybridized carbons (Fsp3) is 0.231. The maximum Gasteiger partial charge on any atom is 0.295 e. The van der Waals surface area contributed by atoms with Gasteiger partial charge in [-0.3, -0.25) is 9.11 Å². The van der Waals surface area contributed by atoms with Gasteiger partial charge in [-0.05, 0) is 116 Å². The number of benzene rings is 5. The van der Waals surface area contributed by atoms with Gasteiger partial charge >= 0.3 is 0 Å². The summed E-state index contributed by atoms with van der Waals surface area (Å²) in [5, 5.41) is 0. The van der Waals surface area contributed by atoms with Gasteiger partial charge in [-0.2, -0.15) is 16.8 Å². The normalized spacial score (nSPS) is 12.5. The molecule has 256 valence electrons. The van der Waals surface area contributed by atoms with Gasteiger partial charge in [-0.25, -0.2) is 0 Å². The molecule has 0 bridgehead atoms. The number of anilines is 4. The molecular formula is C39H42N2O6S2. The monoisotopic (exact) mass is 698 g/mol. The van der Waals surface area contributed by atoms with Crippen LogP contribution in [0.15, 0.2) is 101 Å². The molecule has 10 heteroatoms. The fourth-order valence-corrected chi connectivity index (χ4v) is 9.00. The molecule has 0 spiro atoms. The van der Waals surface area contributed by atoms with Crippen molar-refractivity contribution in [1.29, 1.82) is 0 Å². The van der Waals surface area contributed by atoms with Crippen LogP contribution in [-0.4, -0.2) is 40.0 Å². The van der Waals surface area contributed by atoms with Crippen LogP contribution in [0.2, 0.25) is 0 Å². The van der Waals surface area contributed by atoms with E-state index in [2.05, 4.69) is 37.8 Å². The van der Waals surface area contributed by atoms with E-state index in [9.17, 15) is 25.9 Å². The van der Waals surface area contributed by atoms with Crippen LogP contribution < -0.4 is 9.80 Å². The first-order valence-electron chi connectivity index (χ1n) is 15.8. The van der Waals surface area contributed by atoms with E-state index in [0.29, 0.717) is 22.4 Å². The molecule has 1 atom stereocenters. The van der Waals surface area contributed by atoms with E-state index >= 15 is 0 Å². The number of hydrogen-bond donors (Lipinski definition) is 2. The van der Waals surface area contributed by atoms with Crippen molar-refractivity contribution in [1.82, 2.24) is 0 Å². The zero-order valence-electron chi connectivity index (χ0n) is 29.0. The highest BCUT2D eigenvalue weighted by Crippen LogP contribution is 2.40. The molecule has 0 saturated heterocycles. The van der Waals surface area contributed by atoms with Gasteiger partial charge in [-0.1, -0.05) is 66.2 Å². The van der Waals surface area contributed by atoms with Gasteiger partial charge in [0.25, 0.3) is 20.2 Å². The molecule has 8 nitrogen and oxygen atoms in total. The van der Waals surface area contributed by atoms with Gasteiger partial charge in [0.15, 0.2) is 0 Å². The third kappa shape index (κ3) is 7.14. The average Bonchev–Trinajstić information content (AvgIpc) is 3.00. The summed E-state index contributed by atoms with van der Waals surface area (Å²) in [4.78, 5) is 3.73. The van der Waals surface area contributed by atoms with E-state index in [1.165, 1.54) is 22.8 Å². The maximum absolute atomic E-state index is 12.6.